The van der Waals surface area contributed by atoms with Crippen LogP contribution in [0, 0.1) is 0 Å². The highest BCUT2D eigenvalue weighted by Crippen LogP contribution is 2.39. The molecule has 4 nitrogen and oxygen atoms in total. The van der Waals surface area contributed by atoms with E-state index in [4.69, 9.17) is 13.6 Å². The lowest BCUT2D eigenvalue weighted by atomic mass is 10.2. The number of hydrogen-bond acceptors (Lipinski definition) is 4. The summed E-state index contributed by atoms with van der Waals surface area (Å²) in [6.45, 7) is 24.9. The van der Waals surface area contributed by atoms with Crippen LogP contribution in [-0.2, 0) is 18.4 Å². The van der Waals surface area contributed by atoms with Gasteiger partial charge < -0.3 is 13.6 Å². The monoisotopic (exact) mass is 362 g/mol. The molecule has 0 aromatic carbocycles. The van der Waals surface area contributed by atoms with Gasteiger partial charge in [0, 0.05) is 0 Å². The van der Waals surface area contributed by atoms with Gasteiger partial charge in [-0.1, -0.05) is 41.5 Å². The third-order valence-electron chi connectivity index (χ3n) is 5.46. The number of carbonyl (C=O) groups excluding carboxylic acids is 1. The summed E-state index contributed by atoms with van der Waals surface area (Å²) in [6.07, 6.45) is -0.540. The van der Waals surface area contributed by atoms with E-state index in [1.807, 2.05) is 6.92 Å². The van der Waals surface area contributed by atoms with Crippen LogP contribution < -0.4 is 0 Å². The van der Waals surface area contributed by atoms with Crippen LogP contribution in [-0.4, -0.2) is 41.9 Å². The maximum absolute atomic E-state index is 10.9. The standard InChI is InChI=1S/C17H38O4Si2/c1-14(21-23(10,11)17(5,6)7)15(19-13-18)12-20-22(8,9)16(2,3)4/h13-15H,12H2,1-11H3/t14?,15-/m1/s1. The van der Waals surface area contributed by atoms with E-state index in [0.717, 1.165) is 0 Å². The molecule has 0 N–H and O–H groups in total. The molecule has 0 rings (SSSR count). The normalized spacial score (nSPS) is 16.8. The molecule has 0 amide bonds. The van der Waals surface area contributed by atoms with Gasteiger partial charge in [-0.3, -0.25) is 4.79 Å². The van der Waals surface area contributed by atoms with Crippen molar-refractivity contribution in [2.45, 2.75) is 96.9 Å². The van der Waals surface area contributed by atoms with E-state index < -0.39 is 16.6 Å². The zero-order valence-corrected chi connectivity index (χ0v) is 19.1. The van der Waals surface area contributed by atoms with Crippen molar-refractivity contribution in [2.24, 2.45) is 0 Å². The van der Waals surface area contributed by atoms with Crippen molar-refractivity contribution >= 4 is 23.1 Å². The van der Waals surface area contributed by atoms with Gasteiger partial charge in [-0.05, 0) is 43.2 Å². The second-order valence-corrected chi connectivity index (χ2v) is 19.0. The summed E-state index contributed by atoms with van der Waals surface area (Å²) in [5, 5.41) is 0.246. The van der Waals surface area contributed by atoms with Crippen LogP contribution in [0.15, 0.2) is 0 Å². The Morgan fingerprint density at radius 1 is 0.913 bits per heavy atom. The average molecular weight is 363 g/mol. The highest BCUT2D eigenvalue weighted by atomic mass is 28.4. The van der Waals surface area contributed by atoms with E-state index in [9.17, 15) is 4.79 Å². The van der Waals surface area contributed by atoms with Crippen LogP contribution in [0.1, 0.15) is 48.5 Å². The van der Waals surface area contributed by atoms with Crippen molar-refractivity contribution in [2.75, 3.05) is 6.61 Å². The summed E-state index contributed by atoms with van der Waals surface area (Å²) in [6, 6.07) is 0. The molecule has 0 bridgehead atoms. The lowest BCUT2D eigenvalue weighted by Crippen LogP contribution is -2.49. The van der Waals surface area contributed by atoms with Crippen LogP contribution in [0.4, 0.5) is 0 Å². The van der Waals surface area contributed by atoms with Gasteiger partial charge in [0.1, 0.15) is 6.10 Å². The van der Waals surface area contributed by atoms with Crippen molar-refractivity contribution in [3.05, 3.63) is 0 Å². The number of hydrogen-bond donors (Lipinski definition) is 0. The Bertz CT molecular complexity index is 381. The van der Waals surface area contributed by atoms with E-state index >= 15 is 0 Å². The fourth-order valence-electron chi connectivity index (χ4n) is 1.58. The van der Waals surface area contributed by atoms with Crippen molar-refractivity contribution in [1.82, 2.24) is 0 Å². The second kappa shape index (κ2) is 7.80. The maximum Gasteiger partial charge on any atom is 0.293 e. The van der Waals surface area contributed by atoms with E-state index in [-0.39, 0.29) is 22.3 Å². The maximum atomic E-state index is 10.9. The van der Waals surface area contributed by atoms with Crippen LogP contribution in [0.2, 0.25) is 36.3 Å². The Hall–Kier alpha value is -0.176. The van der Waals surface area contributed by atoms with Gasteiger partial charge in [0.2, 0.25) is 0 Å². The smallest absolute Gasteiger partial charge is 0.293 e. The fraction of sp³-hybridized carbons (Fsp3) is 0.941. The van der Waals surface area contributed by atoms with Crippen molar-refractivity contribution in [3.63, 3.8) is 0 Å². The zero-order chi connectivity index (χ0) is 18.7. The molecular formula is C17H38O4Si2. The SMILES string of the molecule is CC(O[Si](C)(C)C(C)(C)C)[C@@H](CO[Si](C)(C)C(C)(C)C)OC=O. The van der Waals surface area contributed by atoms with E-state index in [1.165, 1.54) is 0 Å². The fourth-order valence-corrected chi connectivity index (χ4v) is 4.03. The Labute approximate surface area is 145 Å². The first-order valence-electron chi connectivity index (χ1n) is 8.46. The van der Waals surface area contributed by atoms with Crippen molar-refractivity contribution in [3.8, 4) is 0 Å². The molecule has 2 atom stereocenters. The molecular weight excluding hydrogens is 324 g/mol. The number of ether oxygens (including phenoxy) is 1. The first-order chi connectivity index (χ1) is 10.0. The minimum absolute atomic E-state index is 0.118. The predicted molar refractivity (Wildman–Crippen MR) is 102 cm³/mol. The van der Waals surface area contributed by atoms with Crippen molar-refractivity contribution in [1.29, 1.82) is 0 Å². The van der Waals surface area contributed by atoms with Gasteiger partial charge in [-0.15, -0.1) is 0 Å². The van der Waals surface area contributed by atoms with Gasteiger partial charge in [0.25, 0.3) is 6.47 Å². The molecule has 0 saturated carbocycles. The molecule has 6 heteroatoms. The van der Waals surface area contributed by atoms with Gasteiger partial charge in [-0.25, -0.2) is 0 Å². The average Bonchev–Trinajstić information content (AvgIpc) is 2.30. The quantitative estimate of drug-likeness (QED) is 0.452. The van der Waals surface area contributed by atoms with Gasteiger partial charge in [-0.2, -0.15) is 0 Å². The summed E-state index contributed by atoms with van der Waals surface area (Å²) < 4.78 is 17.9. The lowest BCUT2D eigenvalue weighted by Gasteiger charge is -2.41. The topological polar surface area (TPSA) is 44.8 Å². The molecule has 0 fully saturated rings. The van der Waals surface area contributed by atoms with Crippen LogP contribution in [0.5, 0.6) is 0 Å². The molecule has 0 aromatic heterocycles. The minimum atomic E-state index is -1.91. The molecule has 0 heterocycles. The molecule has 23 heavy (non-hydrogen) atoms. The molecule has 0 aliphatic heterocycles. The second-order valence-electron chi connectivity index (χ2n) is 9.43. The molecule has 0 spiro atoms. The summed E-state index contributed by atoms with van der Waals surface area (Å²) in [5.74, 6) is 0. The third kappa shape index (κ3) is 6.68. The van der Waals surface area contributed by atoms with Gasteiger partial charge >= 0.3 is 0 Å². The van der Waals surface area contributed by atoms with Gasteiger partial charge in [0.05, 0.1) is 12.7 Å². The zero-order valence-electron chi connectivity index (χ0n) is 17.1. The Morgan fingerprint density at radius 2 is 1.35 bits per heavy atom. The summed E-state index contributed by atoms with van der Waals surface area (Å²) in [5.41, 5.74) is 0. The van der Waals surface area contributed by atoms with Crippen molar-refractivity contribution < 1.29 is 18.4 Å². The van der Waals surface area contributed by atoms with Crippen LogP contribution >= 0.6 is 0 Å². The molecule has 0 saturated heterocycles. The highest BCUT2D eigenvalue weighted by Gasteiger charge is 2.41. The molecule has 0 aliphatic carbocycles. The third-order valence-corrected chi connectivity index (χ3v) is 14.5. The summed E-state index contributed by atoms with van der Waals surface area (Å²) in [7, 11) is -3.79. The molecule has 0 aromatic rings. The minimum Gasteiger partial charge on any atom is -0.459 e. The Balaban J connectivity index is 4.96. The summed E-state index contributed by atoms with van der Waals surface area (Å²) >= 11 is 0. The highest BCUT2D eigenvalue weighted by molar-refractivity contribution is 6.74. The largest absolute Gasteiger partial charge is 0.459 e. The summed E-state index contributed by atoms with van der Waals surface area (Å²) in [4.78, 5) is 10.9. The van der Waals surface area contributed by atoms with Crippen LogP contribution in [0.3, 0.4) is 0 Å². The van der Waals surface area contributed by atoms with E-state index in [1.54, 1.807) is 0 Å². The van der Waals surface area contributed by atoms with Gasteiger partial charge in [0.15, 0.2) is 16.6 Å². The molecule has 138 valence electrons. The lowest BCUT2D eigenvalue weighted by molar-refractivity contribution is -0.140. The molecule has 1 unspecified atom stereocenters. The van der Waals surface area contributed by atoms with E-state index in [2.05, 4.69) is 67.7 Å². The number of carbonyl (C=O) groups is 1. The Morgan fingerprint density at radius 3 is 1.70 bits per heavy atom. The first-order valence-corrected chi connectivity index (χ1v) is 14.3. The van der Waals surface area contributed by atoms with Crippen LogP contribution in [0.25, 0.3) is 0 Å². The number of rotatable bonds is 8. The Kier molecular flexibility index (Phi) is 7.74. The molecule has 0 radical (unpaired) electrons. The predicted octanol–water partition coefficient (Wildman–Crippen LogP) is 4.96. The van der Waals surface area contributed by atoms with E-state index in [0.29, 0.717) is 13.1 Å². The molecule has 0 aliphatic rings. The first kappa shape index (κ1) is 22.8.